The van der Waals surface area contributed by atoms with Crippen LogP contribution < -0.4 is 32.3 Å². The second-order valence-electron chi connectivity index (χ2n) is 9.58. The minimum Gasteiger partial charge on any atom is -0.508 e. The third kappa shape index (κ3) is 14.8. The maximum absolute atomic E-state index is 13.3. The first-order chi connectivity index (χ1) is 21.2. The molecule has 0 bridgehead atoms. The van der Waals surface area contributed by atoms with Crippen LogP contribution in [0, 0.1) is 0 Å². The van der Waals surface area contributed by atoms with Crippen molar-refractivity contribution >= 4 is 78.5 Å². The van der Waals surface area contributed by atoms with Crippen LogP contribution in [0.4, 0.5) is 0 Å². The van der Waals surface area contributed by atoms with Gasteiger partial charge in [0.05, 0.1) is 19.0 Å². The fraction of sp³-hybridized carbons (Fsp3) is 0.500. The number of aromatic hydroxyl groups is 1. The summed E-state index contributed by atoms with van der Waals surface area (Å²) in [5, 5.41) is 39.8. The average Bonchev–Trinajstić information content (AvgIpc) is 2.99. The first kappa shape index (κ1) is 39.3. The van der Waals surface area contributed by atoms with Crippen LogP contribution in [0.25, 0.3) is 0 Å². The molecule has 16 nitrogen and oxygen atoms in total. The molecule has 45 heavy (non-hydrogen) atoms. The van der Waals surface area contributed by atoms with Gasteiger partial charge in [-0.1, -0.05) is 12.1 Å². The lowest BCUT2D eigenvalue weighted by Gasteiger charge is -2.25. The standard InChI is InChI=1S/C26H38N6O10S3/c1-45-7-6-16(26(41)42)30-24(39)18(9-21(35)36)31-25(40)19(12-44)32-23(38)17(8-13-2-4-14(33)5-3-13)29-20(34)10-28-22(37)15(27)11-43/h2-5,15-19,33,43-44H,6-12,27H2,1H3,(H,28,37)(H,29,34)(H,30,39)(H,31,40)(H,32,38)(H,35,36)(H,41,42)/t15-,16-,17-,18-,19-/m0/s1. The second-order valence-corrected chi connectivity index (χ2v) is 11.3. The number of thioether (sulfide) groups is 1. The summed E-state index contributed by atoms with van der Waals surface area (Å²) in [5.41, 5.74) is 6.07. The van der Waals surface area contributed by atoms with Gasteiger partial charge in [0, 0.05) is 17.9 Å². The molecule has 0 fully saturated rings. The molecule has 10 N–H and O–H groups in total. The molecule has 0 aliphatic rings. The Labute approximate surface area is 274 Å². The number of benzene rings is 1. The molecule has 0 heterocycles. The van der Waals surface area contributed by atoms with Crippen molar-refractivity contribution in [1.82, 2.24) is 26.6 Å². The van der Waals surface area contributed by atoms with Crippen molar-refractivity contribution in [3.63, 3.8) is 0 Å². The number of carboxylic acids is 2. The highest BCUT2D eigenvalue weighted by atomic mass is 32.2. The lowest BCUT2D eigenvalue weighted by molar-refractivity contribution is -0.143. The molecular formula is C26H38N6O10S3. The van der Waals surface area contributed by atoms with Gasteiger partial charge in [-0.25, -0.2) is 4.79 Å². The molecule has 19 heteroatoms. The van der Waals surface area contributed by atoms with E-state index < -0.39 is 84.6 Å². The van der Waals surface area contributed by atoms with E-state index in [-0.39, 0.29) is 30.1 Å². The highest BCUT2D eigenvalue weighted by Gasteiger charge is 2.32. The summed E-state index contributed by atoms with van der Waals surface area (Å²) in [6, 6.07) is -1.01. The molecule has 250 valence electrons. The van der Waals surface area contributed by atoms with E-state index >= 15 is 0 Å². The summed E-state index contributed by atoms with van der Waals surface area (Å²) in [7, 11) is 0. The lowest BCUT2D eigenvalue weighted by atomic mass is 10.0. The van der Waals surface area contributed by atoms with Crippen molar-refractivity contribution in [2.45, 2.75) is 49.5 Å². The monoisotopic (exact) mass is 690 g/mol. The average molecular weight is 691 g/mol. The zero-order valence-electron chi connectivity index (χ0n) is 24.2. The molecule has 0 aliphatic heterocycles. The summed E-state index contributed by atoms with van der Waals surface area (Å²) in [6.45, 7) is -0.531. The van der Waals surface area contributed by atoms with Gasteiger partial charge in [0.2, 0.25) is 29.5 Å². The minimum absolute atomic E-state index is 0.0274. The number of rotatable bonds is 20. The maximum atomic E-state index is 13.3. The van der Waals surface area contributed by atoms with Gasteiger partial charge in [0.25, 0.3) is 0 Å². The molecule has 1 aromatic carbocycles. The molecule has 0 spiro atoms. The quantitative estimate of drug-likeness (QED) is 0.0634. The number of nitrogens with two attached hydrogens (primary N) is 1. The van der Waals surface area contributed by atoms with Crippen LogP contribution in [0.3, 0.4) is 0 Å². The number of hydrogen-bond donors (Lipinski definition) is 11. The van der Waals surface area contributed by atoms with Crippen LogP contribution in [-0.2, 0) is 40.0 Å². The Morgan fingerprint density at radius 2 is 1.36 bits per heavy atom. The summed E-state index contributed by atoms with van der Waals surface area (Å²) in [4.78, 5) is 86.6. The Bertz CT molecular complexity index is 1210. The molecular weight excluding hydrogens is 653 g/mol. The van der Waals surface area contributed by atoms with Gasteiger partial charge in [-0.05, 0) is 36.1 Å². The highest BCUT2D eigenvalue weighted by molar-refractivity contribution is 7.98. The molecule has 0 radical (unpaired) electrons. The Hall–Kier alpha value is -3.68. The predicted octanol–water partition coefficient (Wildman–Crippen LogP) is -2.51. The van der Waals surface area contributed by atoms with E-state index in [1.807, 2.05) is 0 Å². The Kier molecular flexibility index (Phi) is 17.8. The van der Waals surface area contributed by atoms with E-state index in [0.717, 1.165) is 0 Å². The Morgan fingerprint density at radius 1 is 0.800 bits per heavy atom. The smallest absolute Gasteiger partial charge is 0.326 e. The van der Waals surface area contributed by atoms with Gasteiger partial charge in [-0.15, -0.1) is 0 Å². The fourth-order valence-corrected chi connectivity index (χ4v) is 4.49. The van der Waals surface area contributed by atoms with E-state index in [1.165, 1.54) is 36.0 Å². The summed E-state index contributed by atoms with van der Waals surface area (Å²) in [6.07, 6.45) is 0.784. The minimum atomic E-state index is -1.69. The number of hydrogen-bond acceptors (Lipinski definition) is 12. The number of aliphatic carboxylic acids is 2. The van der Waals surface area contributed by atoms with E-state index in [9.17, 15) is 48.9 Å². The number of carbonyl (C=O) groups excluding carboxylic acids is 5. The van der Waals surface area contributed by atoms with E-state index in [4.69, 9.17) is 5.73 Å². The van der Waals surface area contributed by atoms with Crippen LogP contribution in [0.2, 0.25) is 0 Å². The van der Waals surface area contributed by atoms with Crippen molar-refractivity contribution in [2.24, 2.45) is 5.73 Å². The fourth-order valence-electron chi connectivity index (χ4n) is 3.59. The van der Waals surface area contributed by atoms with Gasteiger partial charge >= 0.3 is 11.9 Å². The Balaban J connectivity index is 3.08. The zero-order valence-corrected chi connectivity index (χ0v) is 26.8. The van der Waals surface area contributed by atoms with Gasteiger partial charge in [-0.2, -0.15) is 37.0 Å². The zero-order chi connectivity index (χ0) is 34.1. The number of phenols is 1. The summed E-state index contributed by atoms with van der Waals surface area (Å²) in [5.74, 6) is -7.09. The van der Waals surface area contributed by atoms with Crippen molar-refractivity contribution in [1.29, 1.82) is 0 Å². The van der Waals surface area contributed by atoms with Crippen molar-refractivity contribution in [3.8, 4) is 5.75 Å². The molecule has 5 atom stereocenters. The predicted molar refractivity (Wildman–Crippen MR) is 171 cm³/mol. The van der Waals surface area contributed by atoms with E-state index in [2.05, 4.69) is 51.8 Å². The topological polar surface area (TPSA) is 266 Å². The second kappa shape index (κ2) is 20.4. The molecule has 1 aromatic rings. The lowest BCUT2D eigenvalue weighted by Crippen LogP contribution is -2.59. The highest BCUT2D eigenvalue weighted by Crippen LogP contribution is 2.12. The largest absolute Gasteiger partial charge is 0.508 e. The van der Waals surface area contributed by atoms with Gasteiger partial charge in [0.15, 0.2) is 0 Å². The molecule has 0 aliphatic carbocycles. The Morgan fingerprint density at radius 3 is 1.89 bits per heavy atom. The number of phenolic OH excluding ortho intramolecular Hbond substituents is 1. The summed E-state index contributed by atoms with van der Waals surface area (Å²) >= 11 is 9.33. The molecule has 1 rings (SSSR count). The third-order valence-corrected chi connectivity index (χ3v) is 7.44. The number of nitrogens with one attached hydrogen (secondary N) is 5. The normalized spacial score (nSPS) is 14.0. The number of thiol groups is 2. The molecule has 0 aromatic heterocycles. The molecule has 0 unspecified atom stereocenters. The first-order valence-corrected chi connectivity index (χ1v) is 16.0. The van der Waals surface area contributed by atoms with Crippen molar-refractivity contribution in [2.75, 3.05) is 30.1 Å². The first-order valence-electron chi connectivity index (χ1n) is 13.4. The van der Waals surface area contributed by atoms with E-state index in [1.54, 1.807) is 6.26 Å². The summed E-state index contributed by atoms with van der Waals surface area (Å²) < 4.78 is 0. The molecule has 0 saturated heterocycles. The van der Waals surface area contributed by atoms with Gasteiger partial charge < -0.3 is 47.6 Å². The number of carbonyl (C=O) groups is 7. The van der Waals surface area contributed by atoms with Crippen molar-refractivity contribution in [3.05, 3.63) is 29.8 Å². The van der Waals surface area contributed by atoms with Crippen LogP contribution in [0.1, 0.15) is 18.4 Å². The third-order valence-electron chi connectivity index (χ3n) is 6.04. The van der Waals surface area contributed by atoms with Crippen LogP contribution in [-0.4, -0.2) is 117 Å². The van der Waals surface area contributed by atoms with Crippen molar-refractivity contribution < 1.29 is 48.9 Å². The van der Waals surface area contributed by atoms with Crippen LogP contribution in [0.15, 0.2) is 24.3 Å². The maximum Gasteiger partial charge on any atom is 0.326 e. The van der Waals surface area contributed by atoms with E-state index in [0.29, 0.717) is 11.3 Å². The van der Waals surface area contributed by atoms with Gasteiger partial charge in [0.1, 0.15) is 29.9 Å². The SMILES string of the molecule is CSCC[C@H](NC(=O)[C@H](CC(=O)O)NC(=O)[C@H](CS)NC(=O)[C@H](Cc1ccc(O)cc1)NC(=O)CNC(=O)[C@@H](N)CS)C(=O)O. The van der Waals surface area contributed by atoms with Crippen LogP contribution >= 0.6 is 37.0 Å². The number of carboxylic acid groups (broad SMARTS) is 2. The molecule has 5 amide bonds. The van der Waals surface area contributed by atoms with Gasteiger partial charge in [-0.3, -0.25) is 28.8 Å². The van der Waals surface area contributed by atoms with Crippen LogP contribution in [0.5, 0.6) is 5.75 Å². The molecule has 0 saturated carbocycles. The number of amides is 5.